The predicted octanol–water partition coefficient (Wildman–Crippen LogP) is 4.65. The molecule has 52 heavy (non-hydrogen) atoms. The normalized spacial score (nSPS) is 18.7. The van der Waals surface area contributed by atoms with Crippen molar-refractivity contribution in [3.05, 3.63) is 123 Å². The first-order valence-corrected chi connectivity index (χ1v) is 16.4. The van der Waals surface area contributed by atoms with Crippen LogP contribution in [0.25, 0.3) is 21.6 Å². The van der Waals surface area contributed by atoms with Gasteiger partial charge < -0.3 is 28.8 Å². The highest BCUT2D eigenvalue weighted by molar-refractivity contribution is 5.91. The van der Waals surface area contributed by atoms with Crippen LogP contribution in [0.5, 0.6) is 11.5 Å². The predicted molar refractivity (Wildman–Crippen MR) is 189 cm³/mol. The lowest BCUT2D eigenvalue weighted by Gasteiger charge is -2.37. The molecule has 1 aliphatic heterocycles. The zero-order chi connectivity index (χ0) is 36.8. The van der Waals surface area contributed by atoms with Gasteiger partial charge in [-0.05, 0) is 46.5 Å². The highest BCUT2D eigenvalue weighted by atomic mass is 16.6. The van der Waals surface area contributed by atoms with Crippen LogP contribution in [0.1, 0.15) is 36.8 Å². The van der Waals surface area contributed by atoms with Crippen molar-refractivity contribution in [2.24, 2.45) is 11.0 Å². The van der Waals surface area contributed by atoms with E-state index in [4.69, 9.17) is 29.2 Å². The van der Waals surface area contributed by atoms with Gasteiger partial charge in [-0.15, -0.1) is 0 Å². The number of benzene rings is 3. The molecule has 1 amide bonds. The first-order chi connectivity index (χ1) is 25.2. The molecule has 1 fully saturated rings. The second-order valence-electron chi connectivity index (χ2n) is 12.2. The zero-order valence-electron chi connectivity index (χ0n) is 28.9. The van der Waals surface area contributed by atoms with E-state index in [2.05, 4.69) is 30.3 Å². The molecule has 2 aromatic heterocycles. The molecule has 0 unspecified atom stereocenters. The maximum absolute atomic E-state index is 13.0. The molecule has 3 heterocycles. The summed E-state index contributed by atoms with van der Waals surface area (Å²) < 4.78 is 31.6. The van der Waals surface area contributed by atoms with Crippen LogP contribution in [0.4, 0.5) is 5.95 Å². The molecule has 3 aromatic carbocycles. The number of hydrogen-bond donors (Lipinski definition) is 3. The molecule has 0 aliphatic carbocycles. The van der Waals surface area contributed by atoms with Crippen molar-refractivity contribution in [1.82, 2.24) is 19.5 Å². The Kier molecular flexibility index (Phi) is 10.8. The number of anilines is 1. The third-order valence-corrected chi connectivity index (χ3v) is 8.81. The number of fused-ring (bicyclic) bond motifs is 1. The number of aromatic nitrogens is 4. The fourth-order valence-electron chi connectivity index (χ4n) is 6.12. The molecule has 0 radical (unpaired) electrons. The Balaban J connectivity index is 1.40. The largest absolute Gasteiger partial charge is 0.497 e. The number of aliphatic hydroxyl groups is 1. The average Bonchev–Trinajstić information content (AvgIpc) is 3.73. The number of hydrogen-bond acceptors (Lipinski definition) is 11. The van der Waals surface area contributed by atoms with Gasteiger partial charge in [-0.25, -0.2) is 4.98 Å². The van der Waals surface area contributed by atoms with Gasteiger partial charge in [0.2, 0.25) is 11.9 Å². The quantitative estimate of drug-likeness (QED) is 0.0629. The fourth-order valence-corrected chi connectivity index (χ4v) is 6.12. The molecule has 3 N–H and O–H groups in total. The Morgan fingerprint density at radius 2 is 1.65 bits per heavy atom. The number of rotatable bonds is 14. The van der Waals surface area contributed by atoms with Gasteiger partial charge in [0.25, 0.3) is 5.56 Å². The van der Waals surface area contributed by atoms with Crippen molar-refractivity contribution in [1.29, 1.82) is 0 Å². The van der Waals surface area contributed by atoms with Gasteiger partial charge in [0.15, 0.2) is 17.4 Å². The summed E-state index contributed by atoms with van der Waals surface area (Å²) in [6.07, 6.45) is -3.24. The van der Waals surface area contributed by atoms with E-state index in [0.29, 0.717) is 11.5 Å². The number of imidazole rings is 1. The number of carbonyl (C=O) groups excluding carboxylic acids is 1. The molecule has 0 bridgehead atoms. The number of carbonyl (C=O) groups is 1. The number of H-pyrrole nitrogens is 1. The number of methoxy groups -OCH3 is 2. The van der Waals surface area contributed by atoms with E-state index in [9.17, 15) is 14.7 Å². The van der Waals surface area contributed by atoms with Crippen LogP contribution in [0.3, 0.4) is 0 Å². The minimum Gasteiger partial charge on any atom is -0.497 e. The Labute approximate surface area is 297 Å². The lowest BCUT2D eigenvalue weighted by Crippen LogP contribution is -2.40. The number of nitrogens with zero attached hydrogens (tertiary/aromatic N) is 6. The van der Waals surface area contributed by atoms with Crippen molar-refractivity contribution in [3.8, 4) is 11.5 Å². The molecule has 5 aromatic rings. The average molecular weight is 711 g/mol. The van der Waals surface area contributed by atoms with E-state index in [1.807, 2.05) is 78.9 Å². The van der Waals surface area contributed by atoms with Gasteiger partial charge in [0.1, 0.15) is 42.1 Å². The Morgan fingerprint density at radius 1 is 1.04 bits per heavy atom. The highest BCUT2D eigenvalue weighted by Crippen LogP contribution is 2.43. The van der Waals surface area contributed by atoms with Gasteiger partial charge in [-0.3, -0.25) is 24.5 Å². The topological polar surface area (TPSA) is 208 Å². The summed E-state index contributed by atoms with van der Waals surface area (Å²) in [6.45, 7) is 2.82. The van der Waals surface area contributed by atoms with Crippen LogP contribution in [-0.4, -0.2) is 76.4 Å². The SMILES string of the molecule is COc1ccc(C(OC[C@H]2O[C@@H](n3cnc4c(=O)[nH]c(NC(=O)C(C)C)nc43)[C@H](OCN=[N+]=[N-])[C@@H]2O)(c2ccccc2)c2ccc(OC)cc2)cc1. The van der Waals surface area contributed by atoms with Crippen LogP contribution in [0.2, 0.25) is 0 Å². The van der Waals surface area contributed by atoms with Gasteiger partial charge in [-0.2, -0.15) is 4.98 Å². The maximum atomic E-state index is 13.0. The minimum absolute atomic E-state index is 0.0313. The Morgan fingerprint density at radius 3 is 2.23 bits per heavy atom. The van der Waals surface area contributed by atoms with Gasteiger partial charge in [0.05, 0.1) is 27.2 Å². The van der Waals surface area contributed by atoms with Crippen LogP contribution in [-0.2, 0) is 24.6 Å². The van der Waals surface area contributed by atoms with Crippen molar-refractivity contribution in [3.63, 3.8) is 0 Å². The van der Waals surface area contributed by atoms with E-state index >= 15 is 0 Å². The molecule has 0 spiro atoms. The number of aromatic amines is 1. The second-order valence-corrected chi connectivity index (χ2v) is 12.2. The van der Waals surface area contributed by atoms with Crippen LogP contribution in [0, 0.1) is 5.92 Å². The summed E-state index contributed by atoms with van der Waals surface area (Å²) in [4.78, 5) is 39.3. The summed E-state index contributed by atoms with van der Waals surface area (Å²) in [5.74, 6) is 0.492. The standard InChI is InChI=1S/C36H38N8O8/c1-21(2)32(46)41-35-40-31-28(33(47)42-35)38-19-44(31)34-30(50-20-39-43-37)29(45)27(52-34)18-51-36(22-8-6-5-7-9-22,23-10-14-25(48-3)15-11-23)24-12-16-26(49-4)17-13-24/h5-17,19,21,27,29-30,34,45H,18,20H2,1-4H3,(H2,40,41,42,46,47)/t27-,29-,30-,34-/m1/s1. The maximum Gasteiger partial charge on any atom is 0.280 e. The first-order valence-electron chi connectivity index (χ1n) is 16.4. The minimum atomic E-state index is -1.32. The third-order valence-electron chi connectivity index (χ3n) is 8.81. The Hall–Kier alpha value is -5.77. The molecule has 6 rings (SSSR count). The summed E-state index contributed by atoms with van der Waals surface area (Å²) in [6, 6.07) is 24.6. The monoisotopic (exact) mass is 710 g/mol. The van der Waals surface area contributed by atoms with E-state index in [-0.39, 0.29) is 35.5 Å². The van der Waals surface area contributed by atoms with Crippen molar-refractivity contribution >= 4 is 23.0 Å². The van der Waals surface area contributed by atoms with E-state index in [0.717, 1.165) is 16.7 Å². The number of aliphatic hydroxyl groups excluding tert-OH is 1. The highest BCUT2D eigenvalue weighted by Gasteiger charge is 2.48. The molecule has 16 nitrogen and oxygen atoms in total. The molecular formula is C36H38N8O8. The van der Waals surface area contributed by atoms with Gasteiger partial charge in [0, 0.05) is 10.8 Å². The van der Waals surface area contributed by atoms with E-state index in [1.165, 1.54) is 10.9 Å². The van der Waals surface area contributed by atoms with Crippen molar-refractivity contribution in [2.45, 2.75) is 44.0 Å². The lowest BCUT2D eigenvalue weighted by atomic mass is 9.80. The summed E-state index contributed by atoms with van der Waals surface area (Å²) in [5.41, 5.74) is 9.49. The summed E-state index contributed by atoms with van der Waals surface area (Å²) in [5, 5.41) is 17.8. The smallest absolute Gasteiger partial charge is 0.280 e. The number of azide groups is 1. The van der Waals surface area contributed by atoms with Crippen LogP contribution in [0.15, 0.2) is 95.1 Å². The number of amides is 1. The zero-order valence-corrected chi connectivity index (χ0v) is 28.9. The number of ether oxygens (including phenoxy) is 5. The first kappa shape index (κ1) is 36.0. The van der Waals surface area contributed by atoms with Gasteiger partial charge >= 0.3 is 0 Å². The van der Waals surface area contributed by atoms with Crippen LogP contribution < -0.4 is 20.3 Å². The third kappa shape index (κ3) is 7.06. The Bertz CT molecular complexity index is 2050. The molecule has 270 valence electrons. The molecule has 4 atom stereocenters. The lowest BCUT2D eigenvalue weighted by molar-refractivity contribution is -0.118. The van der Waals surface area contributed by atoms with E-state index < -0.39 is 42.4 Å². The molecule has 0 saturated carbocycles. The molecule has 1 saturated heterocycles. The number of nitrogens with one attached hydrogen (secondary N) is 2. The molecular weight excluding hydrogens is 672 g/mol. The molecule has 1 aliphatic rings. The van der Waals surface area contributed by atoms with Crippen molar-refractivity contribution in [2.75, 3.05) is 32.9 Å². The second kappa shape index (κ2) is 15.6. The van der Waals surface area contributed by atoms with Gasteiger partial charge in [-0.1, -0.05) is 73.6 Å². The van der Waals surface area contributed by atoms with E-state index in [1.54, 1.807) is 28.1 Å². The van der Waals surface area contributed by atoms with Crippen LogP contribution >= 0.6 is 0 Å². The summed E-state index contributed by atoms with van der Waals surface area (Å²) in [7, 11) is 3.18. The van der Waals surface area contributed by atoms with Crippen molar-refractivity contribution < 1.29 is 33.6 Å². The summed E-state index contributed by atoms with van der Waals surface area (Å²) >= 11 is 0. The molecule has 16 heteroatoms. The fraction of sp³-hybridized carbons (Fsp3) is 0.333.